The summed E-state index contributed by atoms with van der Waals surface area (Å²) >= 11 is 0. The zero-order valence-corrected chi connectivity index (χ0v) is 7.19. The number of hydrogen-bond donors (Lipinski definition) is 2. The third kappa shape index (κ3) is 1.95. The van der Waals surface area contributed by atoms with Crippen LogP contribution in [-0.2, 0) is 9.53 Å². The monoisotopic (exact) mass is 173 g/mol. The van der Waals surface area contributed by atoms with Gasteiger partial charge in [-0.15, -0.1) is 0 Å². The molecule has 1 aliphatic carbocycles. The van der Waals surface area contributed by atoms with Crippen molar-refractivity contribution in [2.75, 3.05) is 7.11 Å². The van der Waals surface area contributed by atoms with Crippen LogP contribution in [0.4, 0.5) is 0 Å². The van der Waals surface area contributed by atoms with E-state index in [4.69, 9.17) is 15.6 Å². The van der Waals surface area contributed by atoms with Gasteiger partial charge in [-0.25, -0.2) is 0 Å². The lowest BCUT2D eigenvalue weighted by atomic mass is 9.84. The van der Waals surface area contributed by atoms with Crippen molar-refractivity contribution in [3.8, 4) is 0 Å². The molecule has 0 bridgehead atoms. The fraction of sp³-hybridized carbons (Fsp3) is 0.875. The lowest BCUT2D eigenvalue weighted by Crippen LogP contribution is -2.43. The summed E-state index contributed by atoms with van der Waals surface area (Å²) in [5, 5.41) is 8.74. The number of rotatable bonds is 2. The van der Waals surface area contributed by atoms with Crippen LogP contribution in [0.15, 0.2) is 0 Å². The van der Waals surface area contributed by atoms with Crippen LogP contribution in [0.3, 0.4) is 0 Å². The molecule has 4 heteroatoms. The van der Waals surface area contributed by atoms with Gasteiger partial charge in [0.25, 0.3) is 0 Å². The molecule has 1 rings (SSSR count). The molecule has 4 nitrogen and oxygen atoms in total. The zero-order valence-electron chi connectivity index (χ0n) is 7.19. The summed E-state index contributed by atoms with van der Waals surface area (Å²) in [7, 11) is 1.58. The summed E-state index contributed by atoms with van der Waals surface area (Å²) in [6.45, 7) is 0. The molecule has 1 fully saturated rings. The lowest BCUT2D eigenvalue weighted by Gasteiger charge is -2.30. The molecular formula is C8H15NO3. The molecular weight excluding hydrogens is 158 g/mol. The summed E-state index contributed by atoms with van der Waals surface area (Å²) in [6, 6.07) is 0.00519. The number of aliphatic carboxylic acids is 1. The highest BCUT2D eigenvalue weighted by molar-refractivity contribution is 5.70. The van der Waals surface area contributed by atoms with Gasteiger partial charge in [0.05, 0.1) is 12.0 Å². The maximum Gasteiger partial charge on any atom is 0.306 e. The molecule has 3 N–H and O–H groups in total. The third-order valence-corrected chi connectivity index (χ3v) is 2.49. The van der Waals surface area contributed by atoms with E-state index < -0.39 is 5.97 Å². The van der Waals surface area contributed by atoms with Crippen molar-refractivity contribution in [2.24, 2.45) is 11.7 Å². The zero-order chi connectivity index (χ0) is 9.14. The first-order valence-electron chi connectivity index (χ1n) is 4.16. The maximum absolute atomic E-state index is 10.6. The molecule has 0 amide bonds. The van der Waals surface area contributed by atoms with Gasteiger partial charge >= 0.3 is 5.97 Å². The smallest absolute Gasteiger partial charge is 0.306 e. The predicted molar refractivity (Wildman–Crippen MR) is 43.7 cm³/mol. The number of hydrogen-bond acceptors (Lipinski definition) is 3. The molecule has 1 saturated carbocycles. The van der Waals surface area contributed by atoms with Crippen molar-refractivity contribution >= 4 is 5.97 Å². The SMILES string of the molecule is CO[C@@H]1C[C@H](C(=O)O)CC[C@H]1N. The second-order valence-electron chi connectivity index (χ2n) is 3.29. The Morgan fingerprint density at radius 3 is 2.75 bits per heavy atom. The molecule has 0 heterocycles. The van der Waals surface area contributed by atoms with E-state index in [1.807, 2.05) is 0 Å². The van der Waals surface area contributed by atoms with Gasteiger partial charge in [-0.1, -0.05) is 0 Å². The van der Waals surface area contributed by atoms with E-state index in [2.05, 4.69) is 0 Å². The van der Waals surface area contributed by atoms with E-state index in [0.29, 0.717) is 12.8 Å². The molecule has 0 aromatic rings. The highest BCUT2D eigenvalue weighted by Gasteiger charge is 2.31. The summed E-state index contributed by atoms with van der Waals surface area (Å²) in [4.78, 5) is 10.6. The Hall–Kier alpha value is -0.610. The fourth-order valence-electron chi connectivity index (χ4n) is 1.65. The highest BCUT2D eigenvalue weighted by atomic mass is 16.5. The number of methoxy groups -OCH3 is 1. The van der Waals surface area contributed by atoms with E-state index >= 15 is 0 Å². The molecule has 0 aromatic carbocycles. The van der Waals surface area contributed by atoms with Crippen molar-refractivity contribution in [1.29, 1.82) is 0 Å². The van der Waals surface area contributed by atoms with E-state index in [1.165, 1.54) is 0 Å². The molecule has 0 radical (unpaired) electrons. The highest BCUT2D eigenvalue weighted by Crippen LogP contribution is 2.25. The van der Waals surface area contributed by atoms with E-state index in [-0.39, 0.29) is 18.1 Å². The minimum atomic E-state index is -0.732. The molecule has 0 aliphatic heterocycles. The van der Waals surface area contributed by atoms with Gasteiger partial charge in [-0.05, 0) is 19.3 Å². The largest absolute Gasteiger partial charge is 0.481 e. The summed E-state index contributed by atoms with van der Waals surface area (Å²) < 4.78 is 5.10. The van der Waals surface area contributed by atoms with Gasteiger partial charge in [0.1, 0.15) is 0 Å². The summed E-state index contributed by atoms with van der Waals surface area (Å²) in [6.07, 6.45) is 1.89. The first-order chi connectivity index (χ1) is 5.65. The van der Waals surface area contributed by atoms with Crippen LogP contribution in [-0.4, -0.2) is 30.3 Å². The molecule has 1 aliphatic rings. The topological polar surface area (TPSA) is 72.5 Å². The van der Waals surface area contributed by atoms with E-state index in [1.54, 1.807) is 7.11 Å². The Kier molecular flexibility index (Phi) is 3.05. The van der Waals surface area contributed by atoms with Gasteiger partial charge in [-0.2, -0.15) is 0 Å². The number of nitrogens with two attached hydrogens (primary N) is 1. The Labute approximate surface area is 71.7 Å². The van der Waals surface area contributed by atoms with Crippen molar-refractivity contribution in [3.05, 3.63) is 0 Å². The second kappa shape index (κ2) is 3.87. The van der Waals surface area contributed by atoms with Gasteiger partial charge in [-0.3, -0.25) is 4.79 Å². The number of carboxylic acids is 1. The molecule has 3 atom stereocenters. The summed E-state index contributed by atoms with van der Waals surface area (Å²) in [5.41, 5.74) is 5.73. The van der Waals surface area contributed by atoms with Crippen LogP contribution in [0, 0.1) is 5.92 Å². The minimum absolute atomic E-state index is 0.00519. The Morgan fingerprint density at radius 2 is 2.25 bits per heavy atom. The van der Waals surface area contributed by atoms with Crippen LogP contribution < -0.4 is 5.73 Å². The van der Waals surface area contributed by atoms with Crippen LogP contribution in [0.1, 0.15) is 19.3 Å². The maximum atomic E-state index is 10.6. The quantitative estimate of drug-likeness (QED) is 0.626. The van der Waals surface area contributed by atoms with Gasteiger partial charge < -0.3 is 15.6 Å². The van der Waals surface area contributed by atoms with Crippen LogP contribution >= 0.6 is 0 Å². The van der Waals surface area contributed by atoms with E-state index in [9.17, 15) is 4.79 Å². The van der Waals surface area contributed by atoms with Crippen molar-refractivity contribution in [1.82, 2.24) is 0 Å². The first-order valence-corrected chi connectivity index (χ1v) is 4.16. The predicted octanol–water partition coefficient (Wildman–Crippen LogP) is 0.213. The average molecular weight is 173 g/mol. The van der Waals surface area contributed by atoms with Crippen LogP contribution in [0.25, 0.3) is 0 Å². The van der Waals surface area contributed by atoms with Crippen LogP contribution in [0.2, 0.25) is 0 Å². The standard InChI is InChI=1S/C8H15NO3/c1-12-7-4-5(8(10)11)2-3-6(7)9/h5-7H,2-4,9H2,1H3,(H,10,11)/t5-,6-,7-/m1/s1. The van der Waals surface area contributed by atoms with Crippen molar-refractivity contribution in [2.45, 2.75) is 31.4 Å². The molecule has 12 heavy (non-hydrogen) atoms. The second-order valence-corrected chi connectivity index (χ2v) is 3.29. The molecule has 0 unspecified atom stereocenters. The first kappa shape index (κ1) is 9.48. The lowest BCUT2D eigenvalue weighted by molar-refractivity contribution is -0.144. The number of carboxylic acid groups (broad SMARTS) is 1. The normalized spacial score (nSPS) is 36.3. The molecule has 70 valence electrons. The van der Waals surface area contributed by atoms with Crippen molar-refractivity contribution < 1.29 is 14.6 Å². The van der Waals surface area contributed by atoms with Crippen molar-refractivity contribution in [3.63, 3.8) is 0 Å². The van der Waals surface area contributed by atoms with Gasteiger partial charge in [0, 0.05) is 13.2 Å². The summed E-state index contributed by atoms with van der Waals surface area (Å²) in [5.74, 6) is -1.00. The molecule has 0 spiro atoms. The van der Waals surface area contributed by atoms with Crippen LogP contribution in [0.5, 0.6) is 0 Å². The Balaban J connectivity index is 2.49. The third-order valence-electron chi connectivity index (χ3n) is 2.49. The van der Waals surface area contributed by atoms with E-state index in [0.717, 1.165) is 6.42 Å². The Morgan fingerprint density at radius 1 is 1.58 bits per heavy atom. The number of carbonyl (C=O) groups is 1. The number of ether oxygens (including phenoxy) is 1. The minimum Gasteiger partial charge on any atom is -0.481 e. The molecule has 0 aromatic heterocycles. The average Bonchev–Trinajstić information content (AvgIpc) is 2.05. The fourth-order valence-corrected chi connectivity index (χ4v) is 1.65. The van der Waals surface area contributed by atoms with Gasteiger partial charge in [0.15, 0.2) is 0 Å². The molecule has 0 saturated heterocycles. The Bertz CT molecular complexity index is 172. The van der Waals surface area contributed by atoms with Gasteiger partial charge in [0.2, 0.25) is 0 Å².